The summed E-state index contributed by atoms with van der Waals surface area (Å²) in [5.74, 6) is 1.01. The summed E-state index contributed by atoms with van der Waals surface area (Å²) >= 11 is 0. The lowest BCUT2D eigenvalue weighted by molar-refractivity contribution is -0.140. The van der Waals surface area contributed by atoms with E-state index in [-0.39, 0.29) is 30.1 Å². The summed E-state index contributed by atoms with van der Waals surface area (Å²) in [6, 6.07) is 5.53. The van der Waals surface area contributed by atoms with Crippen LogP contribution >= 0.6 is 12.4 Å². The molecule has 2 rings (SSSR count). The highest BCUT2D eigenvalue weighted by atomic mass is 35.5. The number of nitrogens with two attached hydrogens (primary N) is 1. The Labute approximate surface area is 173 Å². The highest BCUT2D eigenvalue weighted by Crippen LogP contribution is 2.35. The zero-order chi connectivity index (χ0) is 20.0. The number of halogens is 1. The van der Waals surface area contributed by atoms with Crippen molar-refractivity contribution in [1.29, 1.82) is 0 Å². The molecule has 1 aromatic carbocycles. The third kappa shape index (κ3) is 5.29. The second kappa shape index (κ2) is 10.5. The van der Waals surface area contributed by atoms with E-state index in [0.717, 1.165) is 18.4 Å². The predicted molar refractivity (Wildman–Crippen MR) is 111 cm³/mol. The van der Waals surface area contributed by atoms with Gasteiger partial charge in [-0.25, -0.2) is 0 Å². The molecule has 158 valence electrons. The maximum atomic E-state index is 13.3. The lowest BCUT2D eigenvalue weighted by atomic mass is 9.82. The first-order chi connectivity index (χ1) is 12.8. The van der Waals surface area contributed by atoms with Gasteiger partial charge in [0.1, 0.15) is 0 Å². The number of amides is 2. The van der Waals surface area contributed by atoms with E-state index in [4.69, 9.17) is 15.2 Å². The highest BCUT2D eigenvalue weighted by Gasteiger charge is 2.37. The van der Waals surface area contributed by atoms with Crippen molar-refractivity contribution in [3.63, 3.8) is 0 Å². The van der Waals surface area contributed by atoms with Crippen LogP contribution in [0.4, 0.5) is 0 Å². The fourth-order valence-corrected chi connectivity index (χ4v) is 3.46. The largest absolute Gasteiger partial charge is 0.493 e. The molecule has 1 aromatic rings. The van der Waals surface area contributed by atoms with Gasteiger partial charge in [0.25, 0.3) is 0 Å². The lowest BCUT2D eigenvalue weighted by Gasteiger charge is -2.37. The van der Waals surface area contributed by atoms with E-state index in [1.165, 1.54) is 0 Å². The van der Waals surface area contributed by atoms with Crippen molar-refractivity contribution < 1.29 is 19.1 Å². The number of piperidine rings is 1. The van der Waals surface area contributed by atoms with Crippen molar-refractivity contribution in [3.05, 3.63) is 23.8 Å². The first-order valence-corrected chi connectivity index (χ1v) is 9.34. The zero-order valence-electron chi connectivity index (χ0n) is 17.1. The molecule has 1 aliphatic heterocycles. The number of likely N-dealkylation sites (tertiary alicyclic amines) is 1. The molecule has 0 aliphatic carbocycles. The van der Waals surface area contributed by atoms with Gasteiger partial charge in [0, 0.05) is 26.2 Å². The SMILES string of the molecule is COc1ccc(C(C)(C)C(=O)N2CCCC(C(=O)NCCN)C2)cc1OC.Cl. The summed E-state index contributed by atoms with van der Waals surface area (Å²) in [6.45, 7) is 5.76. The molecular weight excluding hydrogens is 382 g/mol. The van der Waals surface area contributed by atoms with E-state index in [2.05, 4.69) is 5.32 Å². The molecule has 0 bridgehead atoms. The molecule has 0 saturated carbocycles. The van der Waals surface area contributed by atoms with Crippen LogP contribution in [0, 0.1) is 5.92 Å². The fourth-order valence-electron chi connectivity index (χ4n) is 3.46. The number of ether oxygens (including phenoxy) is 2. The standard InChI is InChI=1S/C20H31N3O4.ClH/c1-20(2,15-7-8-16(26-3)17(12-15)27-4)19(25)23-11-5-6-14(13-23)18(24)22-10-9-21;/h7-8,12,14H,5-6,9-11,13,21H2,1-4H3,(H,22,24);1H. The Bertz CT molecular complexity index is 681. The van der Waals surface area contributed by atoms with Gasteiger partial charge in [-0.05, 0) is 44.4 Å². The molecule has 2 amide bonds. The van der Waals surface area contributed by atoms with E-state index < -0.39 is 5.41 Å². The second-order valence-electron chi connectivity index (χ2n) is 7.36. The van der Waals surface area contributed by atoms with Crippen molar-refractivity contribution in [2.45, 2.75) is 32.1 Å². The molecule has 1 heterocycles. The first-order valence-electron chi connectivity index (χ1n) is 9.34. The Morgan fingerprint density at radius 2 is 1.93 bits per heavy atom. The summed E-state index contributed by atoms with van der Waals surface area (Å²) in [6.07, 6.45) is 1.60. The number of carbonyl (C=O) groups excluding carboxylic acids is 2. The maximum absolute atomic E-state index is 13.3. The van der Waals surface area contributed by atoms with Gasteiger partial charge in [-0.3, -0.25) is 9.59 Å². The fraction of sp³-hybridized carbons (Fsp3) is 0.600. The normalized spacial score (nSPS) is 16.8. The van der Waals surface area contributed by atoms with Gasteiger partial charge in [-0.2, -0.15) is 0 Å². The number of benzene rings is 1. The topological polar surface area (TPSA) is 93.9 Å². The summed E-state index contributed by atoms with van der Waals surface area (Å²) in [4.78, 5) is 27.3. The Morgan fingerprint density at radius 1 is 1.25 bits per heavy atom. The van der Waals surface area contributed by atoms with Gasteiger partial charge in [-0.1, -0.05) is 6.07 Å². The number of carbonyl (C=O) groups is 2. The Balaban J connectivity index is 0.00000392. The van der Waals surface area contributed by atoms with Crippen LogP contribution in [0.15, 0.2) is 18.2 Å². The molecule has 3 N–H and O–H groups in total. The van der Waals surface area contributed by atoms with Crippen molar-refractivity contribution in [2.24, 2.45) is 11.7 Å². The molecule has 0 aromatic heterocycles. The third-order valence-corrected chi connectivity index (χ3v) is 5.16. The van der Waals surface area contributed by atoms with Crippen LogP contribution in [0.2, 0.25) is 0 Å². The van der Waals surface area contributed by atoms with E-state index in [9.17, 15) is 9.59 Å². The molecule has 1 saturated heterocycles. The zero-order valence-corrected chi connectivity index (χ0v) is 17.9. The summed E-state index contributed by atoms with van der Waals surface area (Å²) in [5.41, 5.74) is 5.56. The highest BCUT2D eigenvalue weighted by molar-refractivity contribution is 5.88. The van der Waals surface area contributed by atoms with Crippen LogP contribution in [-0.4, -0.2) is 57.1 Å². The molecular formula is C20H32ClN3O4. The molecule has 0 spiro atoms. The van der Waals surface area contributed by atoms with Gasteiger partial charge >= 0.3 is 0 Å². The molecule has 1 atom stereocenters. The van der Waals surface area contributed by atoms with Crippen LogP contribution in [0.1, 0.15) is 32.3 Å². The molecule has 28 heavy (non-hydrogen) atoms. The molecule has 0 radical (unpaired) electrons. The van der Waals surface area contributed by atoms with E-state index >= 15 is 0 Å². The van der Waals surface area contributed by atoms with Crippen molar-refractivity contribution in [1.82, 2.24) is 10.2 Å². The second-order valence-corrected chi connectivity index (χ2v) is 7.36. The van der Waals surface area contributed by atoms with Gasteiger partial charge in [0.2, 0.25) is 11.8 Å². The van der Waals surface area contributed by atoms with Crippen LogP contribution < -0.4 is 20.5 Å². The smallest absolute Gasteiger partial charge is 0.232 e. The Hall–Kier alpha value is -1.99. The monoisotopic (exact) mass is 413 g/mol. The minimum absolute atomic E-state index is 0. The van der Waals surface area contributed by atoms with Gasteiger partial charge < -0.3 is 25.4 Å². The van der Waals surface area contributed by atoms with Crippen LogP contribution in [0.5, 0.6) is 11.5 Å². The van der Waals surface area contributed by atoms with Gasteiger partial charge in [-0.15, -0.1) is 12.4 Å². The molecule has 1 aliphatic rings. The number of nitrogens with zero attached hydrogens (tertiary/aromatic N) is 1. The minimum Gasteiger partial charge on any atom is -0.493 e. The lowest BCUT2D eigenvalue weighted by Crippen LogP contribution is -2.50. The summed E-state index contributed by atoms with van der Waals surface area (Å²) < 4.78 is 10.6. The third-order valence-electron chi connectivity index (χ3n) is 5.16. The van der Waals surface area contributed by atoms with E-state index in [0.29, 0.717) is 37.7 Å². The number of hydrogen-bond donors (Lipinski definition) is 2. The predicted octanol–water partition coefficient (Wildman–Crippen LogP) is 1.72. The quantitative estimate of drug-likeness (QED) is 0.709. The number of methoxy groups -OCH3 is 2. The molecule has 7 nitrogen and oxygen atoms in total. The van der Waals surface area contributed by atoms with E-state index in [1.54, 1.807) is 19.1 Å². The van der Waals surface area contributed by atoms with Crippen LogP contribution in [0.25, 0.3) is 0 Å². The molecule has 1 unspecified atom stereocenters. The number of hydrogen-bond acceptors (Lipinski definition) is 5. The van der Waals surface area contributed by atoms with Crippen molar-refractivity contribution in [2.75, 3.05) is 40.4 Å². The Kier molecular flexibility index (Phi) is 9.04. The van der Waals surface area contributed by atoms with E-state index in [1.807, 2.05) is 32.0 Å². The minimum atomic E-state index is -0.741. The van der Waals surface area contributed by atoms with Crippen molar-refractivity contribution >= 4 is 24.2 Å². The summed E-state index contributed by atoms with van der Waals surface area (Å²) in [7, 11) is 3.16. The molecule has 1 fully saturated rings. The van der Waals surface area contributed by atoms with Crippen LogP contribution in [0.3, 0.4) is 0 Å². The van der Waals surface area contributed by atoms with Gasteiger partial charge in [0.15, 0.2) is 11.5 Å². The molecule has 8 heteroatoms. The van der Waals surface area contributed by atoms with Gasteiger partial charge in [0.05, 0.1) is 25.6 Å². The number of rotatable bonds is 7. The average molecular weight is 414 g/mol. The van der Waals surface area contributed by atoms with Crippen LogP contribution in [-0.2, 0) is 15.0 Å². The van der Waals surface area contributed by atoms with Crippen molar-refractivity contribution in [3.8, 4) is 11.5 Å². The summed E-state index contributed by atoms with van der Waals surface area (Å²) in [5, 5.41) is 2.83. The number of nitrogens with one attached hydrogen (secondary N) is 1. The Morgan fingerprint density at radius 3 is 2.54 bits per heavy atom. The first kappa shape index (κ1) is 24.0. The maximum Gasteiger partial charge on any atom is 0.232 e. The average Bonchev–Trinajstić information content (AvgIpc) is 2.70.